The van der Waals surface area contributed by atoms with Crippen LogP contribution < -0.4 is 26.6 Å². The van der Waals surface area contributed by atoms with Gasteiger partial charge in [0, 0.05) is 19.1 Å². The van der Waals surface area contributed by atoms with Crippen molar-refractivity contribution in [3.8, 4) is 0 Å². The van der Waals surface area contributed by atoms with Crippen molar-refractivity contribution in [1.29, 1.82) is 0 Å². The first kappa shape index (κ1) is 30.0. The Morgan fingerprint density at radius 3 is 2.39 bits per heavy atom. The van der Waals surface area contributed by atoms with E-state index in [2.05, 4.69) is 25.9 Å². The number of pyridine rings is 2. The molecular weight excluding hydrogens is 533 g/mol. The second-order valence-corrected chi connectivity index (χ2v) is 11.2. The molecule has 0 bridgehead atoms. The molecule has 0 aromatic carbocycles. The summed E-state index contributed by atoms with van der Waals surface area (Å²) in [7, 11) is 0. The van der Waals surface area contributed by atoms with Gasteiger partial charge in [-0.05, 0) is 52.7 Å². The number of nitrogens with two attached hydrogens (primary N) is 1. The number of amides is 2. The molecule has 0 unspecified atom stereocenters. The van der Waals surface area contributed by atoms with Gasteiger partial charge < -0.3 is 36.1 Å². The summed E-state index contributed by atoms with van der Waals surface area (Å²) in [6.07, 6.45) is 4.08. The minimum absolute atomic E-state index is 0.00397. The highest BCUT2D eigenvalue weighted by Gasteiger charge is 2.30. The number of anilines is 4. The molecule has 2 aliphatic rings. The third-order valence-corrected chi connectivity index (χ3v) is 6.85. The third-order valence-electron chi connectivity index (χ3n) is 6.85. The standard InChI is InChI=1S/C28H38FN7O5/c1-16(37)18-13-17(15-31-26(18)36-9-11-40-12-10-36)32-24-19(23(30)38)14-20(29)25(35-24)33-21-7-5-6-8-22(21)34-27(39)41-28(2,3)4/h13-15,21-22H,5-12H2,1-4H3,(H2,30,38)(H,34,39)(H2,32,33,35)/t21-,22+/m1/s1. The lowest BCUT2D eigenvalue weighted by atomic mass is 9.90. The number of carbonyl (C=O) groups excluding carboxylic acids is 3. The second-order valence-electron chi connectivity index (χ2n) is 11.2. The highest BCUT2D eigenvalue weighted by Crippen LogP contribution is 2.29. The van der Waals surface area contributed by atoms with Crippen LogP contribution in [-0.2, 0) is 9.47 Å². The summed E-state index contributed by atoms with van der Waals surface area (Å²) in [5, 5.41) is 8.97. The minimum Gasteiger partial charge on any atom is -0.444 e. The van der Waals surface area contributed by atoms with Crippen LogP contribution in [0.15, 0.2) is 18.3 Å². The minimum atomic E-state index is -0.878. The molecule has 1 saturated heterocycles. The molecule has 2 fully saturated rings. The van der Waals surface area contributed by atoms with Gasteiger partial charge in [-0.25, -0.2) is 19.2 Å². The van der Waals surface area contributed by atoms with Crippen molar-refractivity contribution >= 4 is 40.9 Å². The first-order valence-corrected chi connectivity index (χ1v) is 13.8. The molecule has 1 saturated carbocycles. The molecule has 222 valence electrons. The van der Waals surface area contributed by atoms with E-state index in [1.807, 2.05) is 4.90 Å². The predicted octanol–water partition coefficient (Wildman–Crippen LogP) is 3.75. The van der Waals surface area contributed by atoms with Crippen LogP contribution in [0.5, 0.6) is 0 Å². The fraction of sp³-hybridized carbons (Fsp3) is 0.536. The smallest absolute Gasteiger partial charge is 0.407 e. The lowest BCUT2D eigenvalue weighted by Crippen LogP contribution is -2.50. The van der Waals surface area contributed by atoms with E-state index in [-0.39, 0.29) is 35.1 Å². The van der Waals surface area contributed by atoms with E-state index in [1.54, 1.807) is 26.8 Å². The van der Waals surface area contributed by atoms with Crippen LogP contribution in [-0.4, -0.2) is 71.7 Å². The van der Waals surface area contributed by atoms with Gasteiger partial charge in [0.25, 0.3) is 5.91 Å². The van der Waals surface area contributed by atoms with Crippen molar-refractivity contribution in [2.75, 3.05) is 41.8 Å². The Balaban J connectivity index is 1.59. The maximum absolute atomic E-state index is 15.2. The Labute approximate surface area is 238 Å². The van der Waals surface area contributed by atoms with Crippen molar-refractivity contribution in [2.45, 2.75) is 71.1 Å². The number of ether oxygens (including phenoxy) is 2. The Morgan fingerprint density at radius 1 is 1.07 bits per heavy atom. The number of primary amides is 1. The molecular formula is C28H38FN7O5. The average Bonchev–Trinajstić information content (AvgIpc) is 2.90. The molecule has 2 amide bonds. The van der Waals surface area contributed by atoms with Crippen LogP contribution in [0.4, 0.5) is 32.3 Å². The number of hydrogen-bond donors (Lipinski definition) is 4. The number of halogens is 1. The Bertz CT molecular complexity index is 1290. The van der Waals surface area contributed by atoms with Gasteiger partial charge in [-0.3, -0.25) is 9.59 Å². The van der Waals surface area contributed by atoms with Gasteiger partial charge in [0.15, 0.2) is 17.4 Å². The number of alkyl carbamates (subject to hydrolysis) is 1. The number of nitrogens with zero attached hydrogens (tertiary/aromatic N) is 3. The highest BCUT2D eigenvalue weighted by atomic mass is 19.1. The summed E-state index contributed by atoms with van der Waals surface area (Å²) >= 11 is 0. The summed E-state index contributed by atoms with van der Waals surface area (Å²) in [6, 6.07) is 1.98. The molecule has 1 aliphatic carbocycles. The fourth-order valence-electron chi connectivity index (χ4n) is 4.93. The topological polar surface area (TPSA) is 161 Å². The van der Waals surface area contributed by atoms with Gasteiger partial charge in [-0.2, -0.15) is 0 Å². The Hall–Kier alpha value is -4.00. The number of morpholine rings is 1. The van der Waals surface area contributed by atoms with Gasteiger partial charge in [0.2, 0.25) is 0 Å². The number of hydrogen-bond acceptors (Lipinski definition) is 10. The summed E-state index contributed by atoms with van der Waals surface area (Å²) < 4.78 is 26.0. The number of carbonyl (C=O) groups is 3. The second kappa shape index (κ2) is 12.7. The highest BCUT2D eigenvalue weighted by molar-refractivity contribution is 6.01. The monoisotopic (exact) mass is 571 g/mol. The van der Waals surface area contributed by atoms with Crippen LogP contribution in [0, 0.1) is 5.82 Å². The van der Waals surface area contributed by atoms with Crippen molar-refractivity contribution in [1.82, 2.24) is 15.3 Å². The van der Waals surface area contributed by atoms with E-state index < -0.39 is 23.4 Å². The molecule has 2 aromatic rings. The van der Waals surface area contributed by atoms with Crippen molar-refractivity contribution in [3.05, 3.63) is 35.3 Å². The zero-order valence-electron chi connectivity index (χ0n) is 23.9. The van der Waals surface area contributed by atoms with E-state index in [4.69, 9.17) is 15.2 Å². The van der Waals surface area contributed by atoms with Crippen LogP contribution >= 0.6 is 0 Å². The quantitative estimate of drug-likeness (QED) is 0.344. The Morgan fingerprint density at radius 2 is 1.76 bits per heavy atom. The largest absolute Gasteiger partial charge is 0.444 e. The van der Waals surface area contributed by atoms with E-state index in [0.717, 1.165) is 18.9 Å². The van der Waals surface area contributed by atoms with Gasteiger partial charge in [-0.1, -0.05) is 12.8 Å². The van der Waals surface area contributed by atoms with Gasteiger partial charge in [0.1, 0.15) is 17.2 Å². The van der Waals surface area contributed by atoms with Crippen molar-refractivity contribution < 1.29 is 28.2 Å². The van der Waals surface area contributed by atoms with Gasteiger partial charge in [-0.15, -0.1) is 0 Å². The summed E-state index contributed by atoms with van der Waals surface area (Å²) in [6.45, 7) is 9.06. The van der Waals surface area contributed by atoms with E-state index in [1.165, 1.54) is 13.1 Å². The van der Waals surface area contributed by atoms with Gasteiger partial charge >= 0.3 is 6.09 Å². The normalized spacial score (nSPS) is 19.3. The van der Waals surface area contributed by atoms with Crippen LogP contribution in [0.1, 0.15) is 74.1 Å². The molecule has 12 nitrogen and oxygen atoms in total. The molecule has 3 heterocycles. The zero-order chi connectivity index (χ0) is 29.7. The molecule has 13 heteroatoms. The third kappa shape index (κ3) is 7.81. The van der Waals surface area contributed by atoms with E-state index in [0.29, 0.717) is 56.2 Å². The SMILES string of the molecule is CC(=O)c1cc(Nc2nc(N[C@@H]3CCCC[C@@H]3NC(=O)OC(C)(C)C)c(F)cc2C(N)=O)cnc1N1CCOCC1. The molecule has 2 aromatic heterocycles. The molecule has 0 radical (unpaired) electrons. The average molecular weight is 572 g/mol. The zero-order valence-corrected chi connectivity index (χ0v) is 23.9. The number of Topliss-reactive ketones (excluding diaryl/α,β-unsaturated/α-hetero) is 1. The predicted molar refractivity (Wildman–Crippen MR) is 152 cm³/mol. The first-order valence-electron chi connectivity index (χ1n) is 13.8. The first-order chi connectivity index (χ1) is 19.4. The summed E-state index contributed by atoms with van der Waals surface area (Å²) in [5.74, 6) is -1.40. The lowest BCUT2D eigenvalue weighted by Gasteiger charge is -2.34. The molecule has 5 N–H and O–H groups in total. The summed E-state index contributed by atoms with van der Waals surface area (Å²) in [4.78, 5) is 47.9. The molecule has 1 aliphatic heterocycles. The number of rotatable bonds is 8. The van der Waals surface area contributed by atoms with Crippen molar-refractivity contribution in [3.63, 3.8) is 0 Å². The van der Waals surface area contributed by atoms with Crippen molar-refractivity contribution in [2.24, 2.45) is 5.73 Å². The van der Waals surface area contributed by atoms with Crippen LogP contribution in [0.3, 0.4) is 0 Å². The van der Waals surface area contributed by atoms with Crippen LogP contribution in [0.2, 0.25) is 0 Å². The van der Waals surface area contributed by atoms with Crippen LogP contribution in [0.25, 0.3) is 0 Å². The van der Waals surface area contributed by atoms with E-state index >= 15 is 4.39 Å². The lowest BCUT2D eigenvalue weighted by molar-refractivity contribution is 0.0488. The maximum atomic E-state index is 15.2. The van der Waals surface area contributed by atoms with Gasteiger partial charge in [0.05, 0.1) is 42.3 Å². The molecule has 41 heavy (non-hydrogen) atoms. The fourth-order valence-corrected chi connectivity index (χ4v) is 4.93. The Kier molecular flexibility index (Phi) is 9.26. The maximum Gasteiger partial charge on any atom is 0.407 e. The molecule has 4 rings (SSSR count). The molecule has 2 atom stereocenters. The number of nitrogens with one attached hydrogen (secondary N) is 3. The number of aromatic nitrogens is 2. The summed E-state index contributed by atoms with van der Waals surface area (Å²) in [5.41, 5.74) is 5.49. The number of ketones is 1. The van der Waals surface area contributed by atoms with E-state index in [9.17, 15) is 14.4 Å². The molecule has 0 spiro atoms.